The van der Waals surface area contributed by atoms with Crippen molar-refractivity contribution in [2.75, 3.05) is 13.2 Å². The first-order valence-corrected chi connectivity index (χ1v) is 12.8. The number of hydrogen-bond donors (Lipinski definition) is 3. The minimum absolute atomic E-state index is 0.184. The molecule has 0 aromatic rings. The van der Waals surface area contributed by atoms with E-state index in [9.17, 15) is 19.9 Å². The first-order valence-electron chi connectivity index (χ1n) is 11.3. The van der Waals surface area contributed by atoms with Crippen molar-refractivity contribution in [1.29, 1.82) is 0 Å². The summed E-state index contributed by atoms with van der Waals surface area (Å²) < 4.78 is 42.2. The molecule has 1 heterocycles. The van der Waals surface area contributed by atoms with Gasteiger partial charge in [-0.3, -0.25) is 13.6 Å². The van der Waals surface area contributed by atoms with Crippen molar-refractivity contribution in [3.63, 3.8) is 0 Å². The fraction of sp³-hybridized carbons (Fsp3) is 1.00. The lowest BCUT2D eigenvalue weighted by Gasteiger charge is -2.41. The Morgan fingerprint density at radius 2 is 1.43 bits per heavy atom. The molecule has 10 heteroatoms. The van der Waals surface area contributed by atoms with E-state index in [1.54, 1.807) is 0 Å². The van der Waals surface area contributed by atoms with E-state index in [4.69, 9.17) is 23.0 Å². The average molecular weight is 452 g/mol. The molecule has 0 aromatic carbocycles. The number of rotatable bonds is 10. The number of phosphoric ester groups is 1. The van der Waals surface area contributed by atoms with Gasteiger partial charge in [0.2, 0.25) is 0 Å². The number of hydrogen-bond acceptors (Lipinski definition) is 9. The number of aliphatic hydroxyl groups is 3. The van der Waals surface area contributed by atoms with Gasteiger partial charge in [-0.25, -0.2) is 4.57 Å². The van der Waals surface area contributed by atoms with E-state index in [0.29, 0.717) is 25.7 Å². The maximum absolute atomic E-state index is 13.3. The van der Waals surface area contributed by atoms with Crippen LogP contribution in [-0.2, 0) is 27.6 Å². The third-order valence-corrected chi connectivity index (χ3v) is 7.58. The van der Waals surface area contributed by atoms with Crippen LogP contribution in [0.4, 0.5) is 0 Å². The maximum atomic E-state index is 13.3. The summed E-state index contributed by atoms with van der Waals surface area (Å²) in [5, 5.41) is 31.5. The first-order chi connectivity index (χ1) is 14.3. The molecule has 6 atom stereocenters. The number of aliphatic hydroxyl groups excluding tert-OH is 3. The molecular weight excluding hydrogens is 415 g/mol. The Hall–Kier alpha value is -0.0900. The van der Waals surface area contributed by atoms with Crippen molar-refractivity contribution >= 4 is 7.82 Å². The van der Waals surface area contributed by atoms with Gasteiger partial charge >= 0.3 is 7.82 Å². The molecule has 0 bridgehead atoms. The van der Waals surface area contributed by atoms with Crippen LogP contribution in [0.25, 0.3) is 0 Å². The van der Waals surface area contributed by atoms with E-state index in [1.165, 1.54) is 0 Å². The Morgan fingerprint density at radius 3 is 2.00 bits per heavy atom. The van der Waals surface area contributed by atoms with Crippen LogP contribution < -0.4 is 0 Å². The molecule has 1 aliphatic heterocycles. The topological polar surface area (TPSA) is 124 Å². The highest BCUT2D eigenvalue weighted by Gasteiger charge is 2.61. The Labute approximate surface area is 178 Å². The van der Waals surface area contributed by atoms with Crippen LogP contribution in [-0.4, -0.2) is 70.9 Å². The largest absolute Gasteiger partial charge is 0.475 e. The van der Waals surface area contributed by atoms with Crippen LogP contribution >= 0.6 is 7.82 Å². The van der Waals surface area contributed by atoms with Crippen LogP contribution in [0.2, 0.25) is 0 Å². The van der Waals surface area contributed by atoms with Crippen molar-refractivity contribution in [1.82, 2.24) is 0 Å². The van der Waals surface area contributed by atoms with Crippen molar-refractivity contribution in [3.05, 3.63) is 0 Å². The van der Waals surface area contributed by atoms with Gasteiger partial charge in [-0.05, 0) is 25.7 Å². The highest BCUT2D eigenvalue weighted by atomic mass is 31.2. The summed E-state index contributed by atoms with van der Waals surface area (Å²) in [5.41, 5.74) is 0. The number of phosphoric acid groups is 1. The van der Waals surface area contributed by atoms with Crippen LogP contribution in [0.15, 0.2) is 0 Å². The Balaban J connectivity index is 1.78. The van der Waals surface area contributed by atoms with Gasteiger partial charge in [-0.15, -0.1) is 0 Å². The van der Waals surface area contributed by atoms with Gasteiger partial charge in [0.05, 0.1) is 13.2 Å². The molecule has 0 amide bonds. The van der Waals surface area contributed by atoms with E-state index in [2.05, 4.69) is 0 Å². The highest BCUT2D eigenvalue weighted by molar-refractivity contribution is 7.48. The van der Waals surface area contributed by atoms with Gasteiger partial charge < -0.3 is 24.8 Å². The van der Waals surface area contributed by atoms with E-state index in [0.717, 1.165) is 32.1 Å². The van der Waals surface area contributed by atoms with Crippen molar-refractivity contribution in [3.8, 4) is 0 Å². The zero-order valence-electron chi connectivity index (χ0n) is 18.0. The van der Waals surface area contributed by atoms with Crippen LogP contribution in [0.1, 0.15) is 71.6 Å². The smallest absolute Gasteiger partial charge is 0.387 e. The molecule has 3 rings (SSSR count). The zero-order chi connectivity index (χ0) is 21.8. The lowest BCUT2D eigenvalue weighted by atomic mass is 9.85. The molecule has 0 radical (unpaired) electrons. The summed E-state index contributed by atoms with van der Waals surface area (Å²) in [7, 11) is -4.02. The third-order valence-electron chi connectivity index (χ3n) is 6.08. The van der Waals surface area contributed by atoms with Gasteiger partial charge in [-0.2, -0.15) is 0 Å². The van der Waals surface area contributed by atoms with E-state index >= 15 is 0 Å². The highest BCUT2D eigenvalue weighted by Crippen LogP contribution is 2.54. The number of unbranched alkanes of at least 4 members (excludes halogenated alkanes) is 2. The number of ether oxygens (including phenoxy) is 2. The quantitative estimate of drug-likeness (QED) is 0.339. The Bertz CT molecular complexity index is 569. The van der Waals surface area contributed by atoms with Crippen molar-refractivity contribution in [2.24, 2.45) is 0 Å². The third kappa shape index (κ3) is 5.45. The standard InChI is InChI=1S/C20H37O9P/c1-3-5-12-25-30(24,26-13-6-4-2)29-18-16(23)14(21)15(22)17-19(18)28-20(27-17)10-8-7-9-11-20/h14-19,21-23H,3-13H2,1-2H3/t14-,15-,16+,17+,18-,19+/m0/s1. The Morgan fingerprint density at radius 1 is 0.867 bits per heavy atom. The summed E-state index contributed by atoms with van der Waals surface area (Å²) in [6.45, 7) is 4.33. The summed E-state index contributed by atoms with van der Waals surface area (Å²) >= 11 is 0. The molecule has 9 nitrogen and oxygen atoms in total. The molecule has 1 saturated heterocycles. The second kappa shape index (κ2) is 10.7. The average Bonchev–Trinajstić information content (AvgIpc) is 3.09. The molecule has 2 aliphatic carbocycles. The van der Waals surface area contributed by atoms with Crippen LogP contribution in [0.3, 0.4) is 0 Å². The lowest BCUT2D eigenvalue weighted by Crippen LogP contribution is -2.63. The predicted molar refractivity (Wildman–Crippen MR) is 108 cm³/mol. The monoisotopic (exact) mass is 452 g/mol. The molecule has 3 aliphatic rings. The van der Waals surface area contributed by atoms with Gasteiger partial charge in [0.25, 0.3) is 0 Å². The summed E-state index contributed by atoms with van der Waals surface area (Å²) in [6, 6.07) is 0. The van der Waals surface area contributed by atoms with Gasteiger partial charge in [0.1, 0.15) is 36.6 Å². The summed E-state index contributed by atoms with van der Waals surface area (Å²) in [6.07, 6.45) is -0.142. The van der Waals surface area contributed by atoms with Crippen molar-refractivity contribution in [2.45, 2.75) is 114 Å². The normalized spacial score (nSPS) is 36.2. The van der Waals surface area contributed by atoms with E-state index < -0.39 is 50.2 Å². The SMILES string of the molecule is CCCCOP(=O)(OCCCC)O[C@H]1[C@H](O)[C@@H](O)[C@H](O)[C@H]2OC3(CCCCC3)O[C@H]21. The predicted octanol–water partition coefficient (Wildman–Crippen LogP) is 2.65. The fourth-order valence-corrected chi connectivity index (χ4v) is 5.74. The van der Waals surface area contributed by atoms with Crippen LogP contribution in [0.5, 0.6) is 0 Å². The first kappa shape index (κ1) is 24.6. The summed E-state index contributed by atoms with van der Waals surface area (Å²) in [4.78, 5) is 0. The minimum Gasteiger partial charge on any atom is -0.387 e. The fourth-order valence-electron chi connectivity index (χ4n) is 4.30. The zero-order valence-corrected chi connectivity index (χ0v) is 18.9. The molecule has 3 N–H and O–H groups in total. The van der Waals surface area contributed by atoms with E-state index in [1.807, 2.05) is 13.8 Å². The Kier molecular flexibility index (Phi) is 8.74. The van der Waals surface area contributed by atoms with Crippen molar-refractivity contribution < 1.29 is 42.9 Å². The molecule has 0 aromatic heterocycles. The van der Waals surface area contributed by atoms with Gasteiger partial charge in [0.15, 0.2) is 5.79 Å². The van der Waals surface area contributed by atoms with Gasteiger partial charge in [0, 0.05) is 12.8 Å². The molecular formula is C20H37O9P. The second-order valence-corrected chi connectivity index (χ2v) is 10.1. The molecule has 2 saturated carbocycles. The molecule has 3 fully saturated rings. The molecule has 1 spiro atoms. The maximum Gasteiger partial charge on any atom is 0.475 e. The van der Waals surface area contributed by atoms with Gasteiger partial charge in [-0.1, -0.05) is 33.1 Å². The van der Waals surface area contributed by atoms with E-state index in [-0.39, 0.29) is 13.2 Å². The minimum atomic E-state index is -4.02. The molecule has 176 valence electrons. The molecule has 0 unspecified atom stereocenters. The summed E-state index contributed by atoms with van der Waals surface area (Å²) in [5.74, 6) is -0.879. The number of fused-ring (bicyclic) bond motifs is 1. The second-order valence-electron chi connectivity index (χ2n) is 8.50. The lowest BCUT2D eigenvalue weighted by molar-refractivity contribution is -0.202. The molecule has 30 heavy (non-hydrogen) atoms. The van der Waals surface area contributed by atoms with Crippen LogP contribution in [0, 0.1) is 0 Å².